The van der Waals surface area contributed by atoms with E-state index in [0.717, 1.165) is 10.7 Å². The van der Waals surface area contributed by atoms with Gasteiger partial charge in [-0.15, -0.1) is 0 Å². The minimum atomic E-state index is 0. The van der Waals surface area contributed by atoms with E-state index in [2.05, 4.69) is 137 Å². The molecule has 0 N–H and O–H groups in total. The van der Waals surface area contributed by atoms with Crippen LogP contribution in [0.15, 0.2) is 104 Å². The number of aryl methyl sites for hydroxylation is 6. The maximum Gasteiger partial charge on any atom is 0.184 e. The van der Waals surface area contributed by atoms with E-state index in [1.54, 1.807) is 22.5 Å². The van der Waals surface area contributed by atoms with Gasteiger partial charge in [0.15, 0.2) is 23.8 Å². The molecule has 0 amide bonds. The van der Waals surface area contributed by atoms with Crippen LogP contribution in [0.2, 0.25) is 0 Å². The fourth-order valence-corrected chi connectivity index (χ4v) is 8.82. The van der Waals surface area contributed by atoms with Gasteiger partial charge in [-0.25, -0.2) is 9.13 Å². The van der Waals surface area contributed by atoms with Crippen LogP contribution in [0, 0.1) is 0 Å². The van der Waals surface area contributed by atoms with Gasteiger partial charge in [-0.05, 0) is 158 Å². The number of pyridine rings is 3. The van der Waals surface area contributed by atoms with Gasteiger partial charge in [0.25, 0.3) is 0 Å². The molecule has 3 heterocycles. The highest BCUT2D eigenvalue weighted by atomic mass is 79.9. The van der Waals surface area contributed by atoms with E-state index in [4.69, 9.17) is 0 Å². The van der Waals surface area contributed by atoms with Crippen molar-refractivity contribution in [3.63, 3.8) is 0 Å². The monoisotopic (exact) mass is 1040 g/mol. The Balaban J connectivity index is 0.000000368. The van der Waals surface area contributed by atoms with Gasteiger partial charge in [-0.1, -0.05) is 80.5 Å². The smallest absolute Gasteiger partial charge is 0.184 e. The first-order valence-electron chi connectivity index (χ1n) is 22.5. The first kappa shape index (κ1) is 52.5. The zero-order valence-electron chi connectivity index (χ0n) is 35.5. The average Bonchev–Trinajstić information content (AvgIpc) is 3.25. The van der Waals surface area contributed by atoms with Crippen molar-refractivity contribution in [1.29, 1.82) is 0 Å². The topological polar surface area (TPSA) is 20.6 Å². The van der Waals surface area contributed by atoms with Gasteiger partial charge in [0.1, 0.15) is 13.1 Å². The van der Waals surface area contributed by atoms with Crippen molar-refractivity contribution in [2.75, 3.05) is 10.7 Å². The van der Waals surface area contributed by atoms with E-state index in [-0.39, 0.29) is 34.0 Å². The zero-order chi connectivity index (χ0) is 39.1. The van der Waals surface area contributed by atoms with Crippen molar-refractivity contribution in [1.82, 2.24) is 4.98 Å². The number of allylic oxidation sites excluding steroid dienone is 8. The largest absolute Gasteiger partial charge is 1.00 e. The number of rotatable bonds is 20. The Kier molecular flexibility index (Phi) is 31.6. The Morgan fingerprint density at radius 2 is 0.862 bits per heavy atom. The second-order valence-corrected chi connectivity index (χ2v) is 17.3. The van der Waals surface area contributed by atoms with Crippen LogP contribution < -0.4 is 43.1 Å². The molecule has 3 aromatic heterocycles. The molecule has 0 bridgehead atoms. The number of hydrogen-bond donors (Lipinski definition) is 0. The number of hydrogen-bond acceptors (Lipinski definition) is 1. The van der Waals surface area contributed by atoms with Crippen LogP contribution >= 0.6 is 31.9 Å². The molecule has 0 fully saturated rings. The number of halogens is 4. The highest BCUT2D eigenvalue weighted by Gasteiger charge is 2.20. The van der Waals surface area contributed by atoms with E-state index in [0.29, 0.717) is 0 Å². The van der Waals surface area contributed by atoms with Gasteiger partial charge >= 0.3 is 0 Å². The molecule has 58 heavy (non-hydrogen) atoms. The number of nitrogens with zero attached hydrogens (tertiary/aromatic N) is 3. The summed E-state index contributed by atoms with van der Waals surface area (Å²) >= 11 is 6.85. The maximum atomic E-state index is 4.10. The first-order chi connectivity index (χ1) is 27.8. The fraction of sp³-hybridized carbons (Fsp3) is 0.549. The maximum absolute atomic E-state index is 4.10. The summed E-state index contributed by atoms with van der Waals surface area (Å²) < 4.78 is 5.03. The van der Waals surface area contributed by atoms with E-state index in [1.165, 1.54) is 178 Å². The second kappa shape index (κ2) is 35.0. The number of unbranched alkanes of at least 4 members (excludes halogenated alkanes) is 8. The van der Waals surface area contributed by atoms with Crippen LogP contribution in [0.3, 0.4) is 0 Å². The molecule has 0 saturated carbocycles. The first-order valence-corrected chi connectivity index (χ1v) is 24.7. The zero-order valence-corrected chi connectivity index (χ0v) is 41.8. The predicted octanol–water partition coefficient (Wildman–Crippen LogP) is 7.37. The third-order valence-electron chi connectivity index (χ3n) is 11.2. The molecule has 3 aliphatic carbocycles. The standard InChI is InChI=1S/C30H42N2.C12H20Br2.C9H11N.2BrH/c1(3-5-7-13-23-31-25-15-19-27-17-9-11-21-29(27)31)2-4-6-8-14-24-32-26-16-20-28-18-10-12-22-30(28)32;13-11-9-7-5-3-1-2-4-6-8-10-12-14;1-2-4-9-7-10-6-5-8(9)3-1;;/h1-4,15-16,19-20,25-26H,5-14,17-18,21-24H2;1-4H,5-12H2;5-7H,1-4H2;2*1H/q+2;;;;/p-2/b2*3-1-,4-2-;;;. The van der Waals surface area contributed by atoms with Crippen molar-refractivity contribution in [2.45, 2.75) is 167 Å². The molecule has 320 valence electrons. The van der Waals surface area contributed by atoms with Crippen LogP contribution in [-0.4, -0.2) is 15.6 Å². The van der Waals surface area contributed by atoms with E-state index >= 15 is 0 Å². The lowest BCUT2D eigenvalue weighted by molar-refractivity contribution is -0.705. The lowest BCUT2D eigenvalue weighted by Crippen LogP contribution is -3.00. The molecule has 7 heteroatoms. The van der Waals surface area contributed by atoms with Gasteiger partial charge < -0.3 is 34.0 Å². The van der Waals surface area contributed by atoms with Crippen molar-refractivity contribution < 1.29 is 43.1 Å². The molecular weight excluding hydrogens is 974 g/mol. The molecule has 0 saturated heterocycles. The summed E-state index contributed by atoms with van der Waals surface area (Å²) in [6.45, 7) is 2.35. The molecule has 0 atom stereocenters. The fourth-order valence-electron chi connectivity index (χ4n) is 8.02. The molecule has 0 aromatic carbocycles. The average molecular weight is 1050 g/mol. The predicted molar refractivity (Wildman–Crippen MR) is 247 cm³/mol. The van der Waals surface area contributed by atoms with Gasteiger partial charge in [-0.3, -0.25) is 4.98 Å². The summed E-state index contributed by atoms with van der Waals surface area (Å²) in [5, 5.41) is 2.26. The SMILES string of the molecule is BrCCCC/C=C\C=C/CCCCBr.C(/C=C\CCCC[n+]1cccc2c1CCCC2)=C/CCCC[n+]1cccc2c1CCCC2.[Br-].[Br-].c1cc2c(cn1)CCCC2. The van der Waals surface area contributed by atoms with E-state index in [1.807, 2.05) is 12.4 Å². The van der Waals surface area contributed by atoms with Crippen LogP contribution in [0.25, 0.3) is 0 Å². The molecule has 3 nitrogen and oxygen atoms in total. The molecule has 6 rings (SSSR count). The summed E-state index contributed by atoms with van der Waals surface area (Å²) in [6, 6.07) is 11.3. The number of alkyl halides is 2. The summed E-state index contributed by atoms with van der Waals surface area (Å²) in [6.07, 6.45) is 57.3. The Morgan fingerprint density at radius 1 is 0.466 bits per heavy atom. The number of aromatic nitrogens is 3. The molecular formula is C51H73Br4N3. The molecule has 3 aromatic rings. The van der Waals surface area contributed by atoms with Gasteiger partial charge in [0.05, 0.1) is 0 Å². The Bertz CT molecular complexity index is 1500. The Labute approximate surface area is 392 Å². The van der Waals surface area contributed by atoms with Gasteiger partial charge in [-0.2, -0.15) is 0 Å². The third-order valence-corrected chi connectivity index (χ3v) is 12.4. The molecule has 0 spiro atoms. The third kappa shape index (κ3) is 21.7. The lowest BCUT2D eigenvalue weighted by Gasteiger charge is -2.13. The second-order valence-electron chi connectivity index (χ2n) is 15.7. The molecule has 0 aliphatic heterocycles. The summed E-state index contributed by atoms with van der Waals surface area (Å²) in [5.41, 5.74) is 9.36. The van der Waals surface area contributed by atoms with Gasteiger partial charge in [0, 0.05) is 72.0 Å². The molecule has 0 radical (unpaired) electrons. The van der Waals surface area contributed by atoms with Crippen LogP contribution in [0.1, 0.15) is 149 Å². The Morgan fingerprint density at radius 3 is 1.29 bits per heavy atom. The van der Waals surface area contributed by atoms with Crippen molar-refractivity contribution in [3.8, 4) is 0 Å². The van der Waals surface area contributed by atoms with Crippen LogP contribution in [0.5, 0.6) is 0 Å². The van der Waals surface area contributed by atoms with Crippen LogP contribution in [-0.2, 0) is 51.6 Å². The molecule has 0 unspecified atom stereocenters. The minimum Gasteiger partial charge on any atom is -1.00 e. The highest BCUT2D eigenvalue weighted by Crippen LogP contribution is 2.20. The van der Waals surface area contributed by atoms with E-state index in [9.17, 15) is 0 Å². The van der Waals surface area contributed by atoms with Crippen molar-refractivity contribution in [3.05, 3.63) is 137 Å². The summed E-state index contributed by atoms with van der Waals surface area (Å²) in [7, 11) is 0. The Hall–Kier alpha value is -1.67. The molecule has 3 aliphatic rings. The summed E-state index contributed by atoms with van der Waals surface area (Å²) in [5.74, 6) is 0. The van der Waals surface area contributed by atoms with Crippen molar-refractivity contribution in [2.24, 2.45) is 0 Å². The highest BCUT2D eigenvalue weighted by molar-refractivity contribution is 9.09. The number of fused-ring (bicyclic) bond motifs is 3. The lowest BCUT2D eigenvalue weighted by atomic mass is 9.94. The van der Waals surface area contributed by atoms with Gasteiger partial charge in [0.2, 0.25) is 0 Å². The minimum absolute atomic E-state index is 0. The van der Waals surface area contributed by atoms with E-state index < -0.39 is 0 Å². The van der Waals surface area contributed by atoms with Crippen LogP contribution in [0.4, 0.5) is 0 Å². The van der Waals surface area contributed by atoms with Crippen molar-refractivity contribution >= 4 is 31.9 Å². The normalized spacial score (nSPS) is 14.4. The summed E-state index contributed by atoms with van der Waals surface area (Å²) in [4.78, 5) is 4.10. The quantitative estimate of drug-likeness (QED) is 0.0502.